The van der Waals surface area contributed by atoms with Gasteiger partial charge >= 0.3 is 0 Å². The Morgan fingerprint density at radius 3 is 1.78 bits per heavy atom. The first-order chi connectivity index (χ1) is 21.6. The van der Waals surface area contributed by atoms with Crippen molar-refractivity contribution in [2.45, 2.75) is 0 Å². The predicted molar refractivity (Wildman–Crippen MR) is 171 cm³/mol. The maximum atomic E-state index is 13.1. The number of hydrogen-bond acceptors (Lipinski definition) is 8. The van der Waals surface area contributed by atoms with Gasteiger partial charge in [0.2, 0.25) is 0 Å². The third-order valence-electron chi connectivity index (χ3n) is 7.36. The molecular formula is C30H36N8O6S. The lowest BCUT2D eigenvalue weighted by atomic mass is 10.3. The molecule has 15 heteroatoms. The predicted octanol–water partition coefficient (Wildman–Crippen LogP) is 2.59. The van der Waals surface area contributed by atoms with E-state index in [0.717, 1.165) is 19.6 Å². The van der Waals surface area contributed by atoms with Gasteiger partial charge in [0.25, 0.3) is 23.6 Å². The molecule has 5 rings (SSSR count). The first-order valence-corrected chi connectivity index (χ1v) is 15.1. The van der Waals surface area contributed by atoms with E-state index >= 15 is 0 Å². The normalized spacial score (nSPS) is 13.3. The minimum atomic E-state index is -0.420. The van der Waals surface area contributed by atoms with E-state index in [9.17, 15) is 19.2 Å². The number of thiophene rings is 1. The van der Waals surface area contributed by atoms with E-state index in [0.29, 0.717) is 64.5 Å². The van der Waals surface area contributed by atoms with Crippen LogP contribution in [0.3, 0.4) is 0 Å². The Balaban J connectivity index is 1.17. The number of carbonyl (C=O) groups is 4. The quantitative estimate of drug-likeness (QED) is 0.198. The number of methoxy groups -OCH3 is 1. The first kappa shape index (κ1) is 31.6. The summed E-state index contributed by atoms with van der Waals surface area (Å²) in [6.45, 7) is 4.34. The monoisotopic (exact) mass is 636 g/mol. The molecule has 4 N–H and O–H groups in total. The summed E-state index contributed by atoms with van der Waals surface area (Å²) >= 11 is 1.26. The van der Waals surface area contributed by atoms with Gasteiger partial charge in [0.1, 0.15) is 27.7 Å². The zero-order chi connectivity index (χ0) is 32.1. The summed E-state index contributed by atoms with van der Waals surface area (Å²) in [6, 6.07) is 6.46. The van der Waals surface area contributed by atoms with Crippen LogP contribution in [-0.4, -0.2) is 88.7 Å². The maximum absolute atomic E-state index is 13.1. The molecule has 1 aliphatic heterocycles. The number of nitrogens with one attached hydrogen (secondary N) is 4. The Kier molecular flexibility index (Phi) is 9.71. The van der Waals surface area contributed by atoms with Crippen LogP contribution in [0.1, 0.15) is 41.1 Å². The van der Waals surface area contributed by atoms with E-state index in [1.165, 1.54) is 18.4 Å². The third-order valence-corrected chi connectivity index (χ3v) is 8.25. The van der Waals surface area contributed by atoms with Crippen LogP contribution >= 0.6 is 11.3 Å². The van der Waals surface area contributed by atoms with Gasteiger partial charge in [-0.3, -0.25) is 24.1 Å². The number of ether oxygens (including phenoxy) is 2. The fourth-order valence-corrected chi connectivity index (χ4v) is 5.77. The summed E-state index contributed by atoms with van der Waals surface area (Å²) in [5.41, 5.74) is 2.35. The molecule has 0 aromatic carbocycles. The molecule has 1 fully saturated rings. The zero-order valence-electron chi connectivity index (χ0n) is 25.5. The summed E-state index contributed by atoms with van der Waals surface area (Å²) in [7, 11) is 6.62. The van der Waals surface area contributed by atoms with E-state index in [1.807, 2.05) is 0 Å². The highest BCUT2D eigenvalue weighted by Crippen LogP contribution is 2.26. The Bertz CT molecular complexity index is 1710. The lowest BCUT2D eigenvalue weighted by Gasteiger charge is -2.26. The maximum Gasteiger partial charge on any atom is 0.272 e. The zero-order valence-corrected chi connectivity index (χ0v) is 26.3. The highest BCUT2D eigenvalue weighted by molar-refractivity contribution is 7.12. The Labute approximate surface area is 263 Å². The average molecular weight is 637 g/mol. The number of carbonyl (C=O) groups excluding carboxylic acids is 4. The fraction of sp³-hybridized carbons (Fsp3) is 0.333. The second kappa shape index (κ2) is 13.8. The molecule has 238 valence electrons. The number of rotatable bonds is 11. The van der Waals surface area contributed by atoms with Crippen molar-refractivity contribution in [2.24, 2.45) is 21.1 Å². The average Bonchev–Trinajstić information content (AvgIpc) is 3.80. The van der Waals surface area contributed by atoms with E-state index in [4.69, 9.17) is 9.47 Å². The van der Waals surface area contributed by atoms with Gasteiger partial charge in [0.05, 0.1) is 37.4 Å². The van der Waals surface area contributed by atoms with Gasteiger partial charge in [-0.05, 0) is 29.6 Å². The van der Waals surface area contributed by atoms with Crippen molar-refractivity contribution in [1.82, 2.24) is 23.9 Å². The molecule has 4 aromatic rings. The molecule has 45 heavy (non-hydrogen) atoms. The molecule has 1 saturated heterocycles. The molecular weight excluding hydrogens is 600 g/mol. The van der Waals surface area contributed by atoms with Crippen molar-refractivity contribution in [3.05, 3.63) is 70.2 Å². The number of morpholine rings is 1. The van der Waals surface area contributed by atoms with Crippen LogP contribution in [0, 0.1) is 0 Å². The van der Waals surface area contributed by atoms with Gasteiger partial charge < -0.3 is 44.4 Å². The number of amides is 4. The van der Waals surface area contributed by atoms with Crippen LogP contribution in [0.4, 0.5) is 17.1 Å². The number of aromatic nitrogens is 3. The van der Waals surface area contributed by atoms with Crippen LogP contribution in [0.25, 0.3) is 0 Å². The van der Waals surface area contributed by atoms with Gasteiger partial charge in [-0.15, -0.1) is 11.3 Å². The van der Waals surface area contributed by atoms with E-state index in [1.54, 1.807) is 83.1 Å². The topological polar surface area (TPSA) is 153 Å². The van der Waals surface area contributed by atoms with Gasteiger partial charge in [-0.1, -0.05) is 0 Å². The summed E-state index contributed by atoms with van der Waals surface area (Å²) in [5, 5.41) is 13.1. The second-order valence-electron chi connectivity index (χ2n) is 10.6. The number of aryl methyl sites for hydroxylation is 3. The molecule has 0 atom stereocenters. The highest BCUT2D eigenvalue weighted by Gasteiger charge is 2.20. The Morgan fingerprint density at radius 2 is 1.27 bits per heavy atom. The Morgan fingerprint density at radius 1 is 0.778 bits per heavy atom. The molecule has 0 radical (unpaired) electrons. The van der Waals surface area contributed by atoms with Crippen LogP contribution in [-0.2, 0) is 25.9 Å². The number of anilines is 3. The minimum Gasteiger partial charge on any atom is -0.495 e. The van der Waals surface area contributed by atoms with Crippen molar-refractivity contribution >= 4 is 52.0 Å². The van der Waals surface area contributed by atoms with E-state index < -0.39 is 11.8 Å². The molecule has 0 bridgehead atoms. The summed E-state index contributed by atoms with van der Waals surface area (Å²) < 4.78 is 15.4. The largest absolute Gasteiger partial charge is 0.495 e. The second-order valence-corrected chi connectivity index (χ2v) is 11.5. The Hall–Kier alpha value is -4.86. The third kappa shape index (κ3) is 7.45. The molecule has 5 heterocycles. The molecule has 1 aliphatic rings. The van der Waals surface area contributed by atoms with Gasteiger partial charge in [0.15, 0.2) is 0 Å². The van der Waals surface area contributed by atoms with E-state index in [2.05, 4.69) is 26.2 Å². The van der Waals surface area contributed by atoms with Crippen molar-refractivity contribution in [1.29, 1.82) is 0 Å². The fourth-order valence-electron chi connectivity index (χ4n) is 5.02. The minimum absolute atomic E-state index is 0.232. The van der Waals surface area contributed by atoms with Crippen LogP contribution in [0.5, 0.6) is 5.75 Å². The van der Waals surface area contributed by atoms with Crippen LogP contribution in [0.2, 0.25) is 0 Å². The van der Waals surface area contributed by atoms with Crippen molar-refractivity contribution in [3.63, 3.8) is 0 Å². The number of hydrogen-bond donors (Lipinski definition) is 4. The van der Waals surface area contributed by atoms with E-state index in [-0.39, 0.29) is 11.8 Å². The summed E-state index contributed by atoms with van der Waals surface area (Å²) in [4.78, 5) is 54.3. The molecule has 0 spiro atoms. The van der Waals surface area contributed by atoms with Crippen molar-refractivity contribution in [2.75, 3.05) is 62.5 Å². The molecule has 4 aromatic heterocycles. The molecule has 14 nitrogen and oxygen atoms in total. The van der Waals surface area contributed by atoms with Crippen LogP contribution in [0.15, 0.2) is 48.2 Å². The molecule has 0 unspecified atom stereocenters. The smallest absolute Gasteiger partial charge is 0.272 e. The first-order valence-electron chi connectivity index (χ1n) is 14.3. The summed E-state index contributed by atoms with van der Waals surface area (Å²) in [5.74, 6) is -0.922. The lowest BCUT2D eigenvalue weighted by Crippen LogP contribution is -2.41. The highest BCUT2D eigenvalue weighted by atomic mass is 32.1. The van der Waals surface area contributed by atoms with Gasteiger partial charge in [0, 0.05) is 65.9 Å². The van der Waals surface area contributed by atoms with Crippen molar-refractivity contribution < 1.29 is 28.7 Å². The summed E-state index contributed by atoms with van der Waals surface area (Å²) in [6.07, 6.45) is 4.93. The van der Waals surface area contributed by atoms with Gasteiger partial charge in [-0.2, -0.15) is 0 Å². The molecule has 0 aliphatic carbocycles. The molecule has 4 amide bonds. The van der Waals surface area contributed by atoms with Gasteiger partial charge in [-0.25, -0.2) is 0 Å². The molecule has 0 saturated carbocycles. The lowest BCUT2D eigenvalue weighted by molar-refractivity contribution is 0.0383. The van der Waals surface area contributed by atoms with Crippen LogP contribution < -0.4 is 26.0 Å². The standard InChI is InChI=1S/C30H36N8O6S/c1-35-16-19(13-22(35)27(39)31-6-7-38-8-10-44-11-9-38)32-28(40)23-14-20(17-36(23)2)33-29(41)24-15-21(18-37(24)3)34-30(42)26-25(43-4)5-12-45-26/h5,12-18H,6-11H2,1-4H3,(H,31,39)(H,32,40)(H,33,41)(H,34,42). The number of nitrogens with zero attached hydrogens (tertiary/aromatic N) is 4. The SMILES string of the molecule is COc1ccsc1C(=O)Nc1cc(C(=O)Nc2cc(C(=O)Nc3cc(C(=O)NCCN4CCOCC4)n(C)c3)n(C)c2)n(C)c1. The van der Waals surface area contributed by atoms with Crippen molar-refractivity contribution in [3.8, 4) is 5.75 Å².